The van der Waals surface area contributed by atoms with Gasteiger partial charge >= 0.3 is 0 Å². The number of fused-ring (bicyclic) bond motifs is 2. The highest BCUT2D eigenvalue weighted by Gasteiger charge is 2.34. The molecule has 0 aromatic carbocycles. The van der Waals surface area contributed by atoms with Gasteiger partial charge in [0.25, 0.3) is 0 Å². The fourth-order valence-electron chi connectivity index (χ4n) is 2.55. The van der Waals surface area contributed by atoms with E-state index < -0.39 is 0 Å². The van der Waals surface area contributed by atoms with Crippen LogP contribution in [0.2, 0.25) is 0 Å². The first-order valence-electron chi connectivity index (χ1n) is 5.53. The van der Waals surface area contributed by atoms with E-state index in [4.69, 9.17) is 0 Å². The lowest BCUT2D eigenvalue weighted by atomic mass is 9.90. The molecule has 1 atom stereocenters. The zero-order valence-electron chi connectivity index (χ0n) is 8.94. The second kappa shape index (κ2) is 3.08. The van der Waals surface area contributed by atoms with Crippen molar-refractivity contribution in [1.29, 1.82) is 0 Å². The van der Waals surface area contributed by atoms with Crippen molar-refractivity contribution in [2.75, 3.05) is 26.7 Å². The number of rotatable bonds is 0. The Hall–Kier alpha value is -1.32. The molecule has 0 aromatic rings. The number of carbonyl (C=O) groups excluding carboxylic acids is 1. The predicted octanol–water partition coefficient (Wildman–Crippen LogP) is 0.466. The molecule has 4 nitrogen and oxygen atoms in total. The van der Waals surface area contributed by atoms with Crippen LogP contribution < -0.4 is 0 Å². The van der Waals surface area contributed by atoms with Gasteiger partial charge < -0.3 is 9.80 Å². The molecule has 0 aromatic heterocycles. The smallest absolute Gasteiger partial charge is 0.201 e. The lowest BCUT2D eigenvalue weighted by Crippen LogP contribution is -2.40. The predicted molar refractivity (Wildman–Crippen MR) is 57.5 cm³/mol. The highest BCUT2D eigenvalue weighted by molar-refractivity contribution is 5.93. The Labute approximate surface area is 89.3 Å². The highest BCUT2D eigenvalue weighted by Crippen LogP contribution is 2.30. The van der Waals surface area contributed by atoms with Crippen molar-refractivity contribution >= 4 is 11.7 Å². The maximum Gasteiger partial charge on any atom is 0.201 e. The van der Waals surface area contributed by atoms with Crippen molar-refractivity contribution in [2.45, 2.75) is 12.8 Å². The molecule has 3 rings (SSSR count). The number of guanidine groups is 1. The Morgan fingerprint density at radius 1 is 1.47 bits per heavy atom. The maximum absolute atomic E-state index is 11.3. The SMILES string of the molecule is CN1CCN2CC3CCC(=O)C=C3N=C12. The van der Waals surface area contributed by atoms with Crippen LogP contribution in [0.15, 0.2) is 16.8 Å². The molecular formula is C11H15N3O. The largest absolute Gasteiger partial charge is 0.344 e. The summed E-state index contributed by atoms with van der Waals surface area (Å²) >= 11 is 0. The number of hydrogen-bond acceptors (Lipinski definition) is 4. The number of nitrogens with zero attached hydrogens (tertiary/aromatic N) is 3. The summed E-state index contributed by atoms with van der Waals surface area (Å²) in [4.78, 5) is 20.4. The van der Waals surface area contributed by atoms with E-state index in [1.165, 1.54) is 0 Å². The summed E-state index contributed by atoms with van der Waals surface area (Å²) in [5.74, 6) is 1.77. The van der Waals surface area contributed by atoms with Gasteiger partial charge in [-0.1, -0.05) is 0 Å². The van der Waals surface area contributed by atoms with Gasteiger partial charge in [0.15, 0.2) is 5.78 Å². The molecule has 0 radical (unpaired) electrons. The standard InChI is InChI=1S/C11H15N3O/c1-13-4-5-14-7-8-2-3-9(15)6-10(8)12-11(13)14/h6,8H,2-5,7H2,1H3. The van der Waals surface area contributed by atoms with Crippen LogP contribution in [-0.4, -0.2) is 48.2 Å². The fourth-order valence-corrected chi connectivity index (χ4v) is 2.55. The maximum atomic E-state index is 11.3. The lowest BCUT2D eigenvalue weighted by Gasteiger charge is -2.33. The average molecular weight is 205 g/mol. The monoisotopic (exact) mass is 205 g/mol. The van der Waals surface area contributed by atoms with Gasteiger partial charge in [-0.2, -0.15) is 0 Å². The summed E-state index contributed by atoms with van der Waals surface area (Å²) in [6, 6.07) is 0. The first-order valence-corrected chi connectivity index (χ1v) is 5.53. The van der Waals surface area contributed by atoms with Gasteiger partial charge in [0.05, 0.1) is 5.70 Å². The Morgan fingerprint density at radius 2 is 2.33 bits per heavy atom. The fraction of sp³-hybridized carbons (Fsp3) is 0.636. The molecule has 0 spiro atoms. The molecule has 2 heterocycles. The van der Waals surface area contributed by atoms with Crippen LogP contribution in [0.3, 0.4) is 0 Å². The van der Waals surface area contributed by atoms with Crippen molar-refractivity contribution in [3.8, 4) is 0 Å². The zero-order valence-corrected chi connectivity index (χ0v) is 8.94. The van der Waals surface area contributed by atoms with Gasteiger partial charge in [-0.05, 0) is 6.42 Å². The van der Waals surface area contributed by atoms with Crippen molar-refractivity contribution in [1.82, 2.24) is 9.80 Å². The molecule has 15 heavy (non-hydrogen) atoms. The Bertz CT molecular complexity index is 372. The van der Waals surface area contributed by atoms with Crippen molar-refractivity contribution in [2.24, 2.45) is 10.9 Å². The van der Waals surface area contributed by atoms with Crippen LogP contribution in [0.4, 0.5) is 0 Å². The molecule has 2 aliphatic heterocycles. The van der Waals surface area contributed by atoms with Gasteiger partial charge in [-0.25, -0.2) is 4.99 Å². The van der Waals surface area contributed by atoms with Gasteiger partial charge in [-0.3, -0.25) is 4.79 Å². The molecule has 3 aliphatic rings. The molecule has 1 unspecified atom stereocenters. The zero-order chi connectivity index (χ0) is 10.4. The van der Waals surface area contributed by atoms with E-state index in [0.717, 1.165) is 37.7 Å². The quantitative estimate of drug-likeness (QED) is 0.576. The molecule has 1 aliphatic carbocycles. The summed E-state index contributed by atoms with van der Waals surface area (Å²) in [6.07, 6.45) is 3.41. The van der Waals surface area contributed by atoms with E-state index in [1.54, 1.807) is 6.08 Å². The minimum absolute atomic E-state index is 0.236. The van der Waals surface area contributed by atoms with E-state index in [0.29, 0.717) is 12.3 Å². The van der Waals surface area contributed by atoms with Crippen LogP contribution in [0.1, 0.15) is 12.8 Å². The molecule has 80 valence electrons. The highest BCUT2D eigenvalue weighted by atomic mass is 16.1. The average Bonchev–Trinajstić information content (AvgIpc) is 2.57. The third kappa shape index (κ3) is 1.35. The van der Waals surface area contributed by atoms with E-state index >= 15 is 0 Å². The van der Waals surface area contributed by atoms with Crippen LogP contribution in [0.5, 0.6) is 0 Å². The molecule has 0 N–H and O–H groups in total. The second-order valence-corrected chi connectivity index (χ2v) is 4.55. The summed E-state index contributed by atoms with van der Waals surface area (Å²) < 4.78 is 0. The first kappa shape index (κ1) is 8.95. The summed E-state index contributed by atoms with van der Waals surface area (Å²) in [5.41, 5.74) is 1.01. The third-order valence-electron chi connectivity index (χ3n) is 3.47. The number of carbonyl (C=O) groups is 1. The normalized spacial score (nSPS) is 29.7. The van der Waals surface area contributed by atoms with E-state index in [9.17, 15) is 4.79 Å². The summed E-state index contributed by atoms with van der Waals surface area (Å²) in [6.45, 7) is 3.17. The Balaban J connectivity index is 1.98. The number of hydrogen-bond donors (Lipinski definition) is 0. The molecule has 0 saturated carbocycles. The van der Waals surface area contributed by atoms with E-state index in [-0.39, 0.29) is 5.78 Å². The second-order valence-electron chi connectivity index (χ2n) is 4.55. The molecule has 1 saturated heterocycles. The minimum atomic E-state index is 0.236. The third-order valence-corrected chi connectivity index (χ3v) is 3.47. The van der Waals surface area contributed by atoms with Crippen LogP contribution in [0.25, 0.3) is 0 Å². The van der Waals surface area contributed by atoms with E-state index in [2.05, 4.69) is 21.8 Å². The van der Waals surface area contributed by atoms with Crippen molar-refractivity contribution in [3.05, 3.63) is 11.8 Å². The summed E-state index contributed by atoms with van der Waals surface area (Å²) in [5, 5.41) is 0. The Kier molecular flexibility index (Phi) is 1.84. The number of allylic oxidation sites excluding steroid dienone is 1. The topological polar surface area (TPSA) is 35.9 Å². The van der Waals surface area contributed by atoms with E-state index in [1.807, 2.05) is 0 Å². The summed E-state index contributed by atoms with van der Waals surface area (Å²) in [7, 11) is 2.06. The first-order chi connectivity index (χ1) is 7.24. The van der Waals surface area contributed by atoms with Gasteiger partial charge in [0.1, 0.15) is 0 Å². The number of likely N-dealkylation sites (N-methyl/N-ethyl adjacent to an activating group) is 1. The van der Waals surface area contributed by atoms with Gasteiger partial charge in [0, 0.05) is 45.1 Å². The van der Waals surface area contributed by atoms with Gasteiger partial charge in [-0.15, -0.1) is 0 Å². The molecular weight excluding hydrogens is 190 g/mol. The number of ketones is 1. The van der Waals surface area contributed by atoms with Crippen LogP contribution in [0, 0.1) is 5.92 Å². The van der Waals surface area contributed by atoms with Crippen LogP contribution >= 0.6 is 0 Å². The van der Waals surface area contributed by atoms with Crippen molar-refractivity contribution < 1.29 is 4.79 Å². The molecule has 1 fully saturated rings. The van der Waals surface area contributed by atoms with Gasteiger partial charge in [0.2, 0.25) is 5.96 Å². The Morgan fingerprint density at radius 3 is 3.20 bits per heavy atom. The van der Waals surface area contributed by atoms with Crippen molar-refractivity contribution in [3.63, 3.8) is 0 Å². The minimum Gasteiger partial charge on any atom is -0.344 e. The van der Waals surface area contributed by atoms with Crippen LogP contribution in [-0.2, 0) is 4.79 Å². The molecule has 0 amide bonds. The molecule has 4 heteroatoms. The lowest BCUT2D eigenvalue weighted by molar-refractivity contribution is -0.115. The molecule has 0 bridgehead atoms. The number of aliphatic imine (C=N–C) groups is 1.